The summed E-state index contributed by atoms with van der Waals surface area (Å²) in [5.74, 6) is -1.43. The van der Waals surface area contributed by atoms with Crippen molar-refractivity contribution in [1.29, 1.82) is 0 Å². The number of nitrogens with one attached hydrogen (secondary N) is 1. The average molecular weight is 478 g/mol. The van der Waals surface area contributed by atoms with Crippen molar-refractivity contribution >= 4 is 27.7 Å². The van der Waals surface area contributed by atoms with Crippen molar-refractivity contribution in [2.75, 3.05) is 6.54 Å². The molecule has 1 heterocycles. The molecule has 1 aliphatic rings. The van der Waals surface area contributed by atoms with E-state index in [1.807, 2.05) is 30.3 Å². The van der Waals surface area contributed by atoms with Crippen LogP contribution in [-0.4, -0.2) is 43.6 Å². The summed E-state index contributed by atoms with van der Waals surface area (Å²) in [5, 5.41) is 7.93. The maximum Gasteiger partial charge on any atom is 0.262 e. The number of nitrogens with two attached hydrogens (primary N) is 1. The highest BCUT2D eigenvalue weighted by molar-refractivity contribution is 7.89. The summed E-state index contributed by atoms with van der Waals surface area (Å²) in [6.07, 6.45) is 0.609. The number of benzene rings is 3. The lowest BCUT2D eigenvalue weighted by atomic mass is 10.0. The zero-order valence-corrected chi connectivity index (χ0v) is 19.0. The van der Waals surface area contributed by atoms with Crippen molar-refractivity contribution in [1.82, 2.24) is 10.2 Å². The molecule has 1 aliphatic heterocycles. The second-order valence-corrected chi connectivity index (χ2v) is 9.52. The van der Waals surface area contributed by atoms with Gasteiger partial charge >= 0.3 is 0 Å². The van der Waals surface area contributed by atoms with Gasteiger partial charge in [-0.2, -0.15) is 0 Å². The van der Waals surface area contributed by atoms with Crippen LogP contribution in [0.25, 0.3) is 0 Å². The van der Waals surface area contributed by atoms with Crippen LogP contribution in [0.4, 0.5) is 0 Å². The first-order valence-corrected chi connectivity index (χ1v) is 12.2. The zero-order valence-electron chi connectivity index (χ0n) is 18.2. The van der Waals surface area contributed by atoms with Crippen molar-refractivity contribution in [3.63, 3.8) is 0 Å². The summed E-state index contributed by atoms with van der Waals surface area (Å²) in [6, 6.07) is 20.8. The summed E-state index contributed by atoms with van der Waals surface area (Å²) in [6.45, 7) is 0.238. The summed E-state index contributed by atoms with van der Waals surface area (Å²) in [7, 11) is -3.78. The van der Waals surface area contributed by atoms with E-state index in [2.05, 4.69) is 5.32 Å². The van der Waals surface area contributed by atoms with Crippen LogP contribution in [0.15, 0.2) is 83.8 Å². The Hall–Kier alpha value is -3.82. The molecule has 3 aromatic carbocycles. The Labute approximate surface area is 197 Å². The second-order valence-electron chi connectivity index (χ2n) is 7.96. The molecule has 3 amide bonds. The summed E-state index contributed by atoms with van der Waals surface area (Å²) < 4.78 is 22.8. The number of hydrogen-bond donors (Lipinski definition) is 2. The third-order valence-electron chi connectivity index (χ3n) is 5.68. The highest BCUT2D eigenvalue weighted by atomic mass is 32.2. The van der Waals surface area contributed by atoms with Crippen molar-refractivity contribution in [2.45, 2.75) is 23.8 Å². The first-order chi connectivity index (χ1) is 16.3. The van der Waals surface area contributed by atoms with Crippen LogP contribution in [0.2, 0.25) is 0 Å². The van der Waals surface area contributed by atoms with Gasteiger partial charge in [0.1, 0.15) is 6.04 Å². The fraction of sp³-hybridized carbons (Fsp3) is 0.160. The molecule has 0 aromatic heterocycles. The van der Waals surface area contributed by atoms with Crippen LogP contribution < -0.4 is 10.5 Å². The van der Waals surface area contributed by atoms with Gasteiger partial charge in [0.15, 0.2) is 0 Å². The topological polar surface area (TPSA) is 127 Å². The molecule has 34 heavy (non-hydrogen) atoms. The second kappa shape index (κ2) is 9.58. The van der Waals surface area contributed by atoms with Gasteiger partial charge in [-0.1, -0.05) is 54.6 Å². The fourth-order valence-electron chi connectivity index (χ4n) is 3.92. The largest absolute Gasteiger partial charge is 0.354 e. The summed E-state index contributed by atoms with van der Waals surface area (Å²) in [5.41, 5.74) is 2.19. The van der Waals surface area contributed by atoms with Gasteiger partial charge in [-0.15, -0.1) is 0 Å². The minimum absolute atomic E-state index is 0.00818. The van der Waals surface area contributed by atoms with Gasteiger partial charge in [-0.05, 0) is 41.8 Å². The van der Waals surface area contributed by atoms with Crippen LogP contribution in [0.1, 0.15) is 31.8 Å². The molecule has 8 nitrogen and oxygen atoms in total. The number of amides is 3. The molecule has 0 radical (unpaired) electrons. The van der Waals surface area contributed by atoms with Gasteiger partial charge in [-0.3, -0.25) is 19.3 Å². The first kappa shape index (κ1) is 23.3. The predicted molar refractivity (Wildman–Crippen MR) is 125 cm³/mol. The highest BCUT2D eigenvalue weighted by Crippen LogP contribution is 2.26. The van der Waals surface area contributed by atoms with Crippen LogP contribution in [0.5, 0.6) is 0 Å². The van der Waals surface area contributed by atoms with Crippen molar-refractivity contribution in [2.24, 2.45) is 5.14 Å². The van der Waals surface area contributed by atoms with Crippen molar-refractivity contribution < 1.29 is 22.8 Å². The molecule has 0 saturated carbocycles. The Balaban J connectivity index is 1.50. The van der Waals surface area contributed by atoms with Crippen LogP contribution in [0.3, 0.4) is 0 Å². The average Bonchev–Trinajstić information content (AvgIpc) is 3.08. The highest BCUT2D eigenvalue weighted by Gasteiger charge is 2.42. The van der Waals surface area contributed by atoms with Crippen LogP contribution in [0, 0.1) is 0 Å². The zero-order chi connectivity index (χ0) is 24.3. The normalized spacial score (nSPS) is 14.1. The Morgan fingerprint density at radius 1 is 0.824 bits per heavy atom. The van der Waals surface area contributed by atoms with E-state index in [-0.39, 0.29) is 29.0 Å². The van der Waals surface area contributed by atoms with E-state index in [1.165, 1.54) is 12.1 Å². The third kappa shape index (κ3) is 4.90. The van der Waals surface area contributed by atoms with E-state index in [9.17, 15) is 22.8 Å². The van der Waals surface area contributed by atoms with Crippen molar-refractivity contribution in [3.8, 4) is 0 Å². The van der Waals surface area contributed by atoms with E-state index >= 15 is 0 Å². The number of carbonyl (C=O) groups excluding carboxylic acids is 3. The quantitative estimate of drug-likeness (QED) is 0.479. The molecule has 0 spiro atoms. The molecular weight excluding hydrogens is 454 g/mol. The van der Waals surface area contributed by atoms with Crippen molar-refractivity contribution in [3.05, 3.63) is 101 Å². The lowest BCUT2D eigenvalue weighted by Crippen LogP contribution is -2.51. The summed E-state index contributed by atoms with van der Waals surface area (Å²) in [4.78, 5) is 40.3. The van der Waals surface area contributed by atoms with Gasteiger partial charge in [0, 0.05) is 13.0 Å². The molecular formula is C25H23N3O5S. The van der Waals surface area contributed by atoms with Gasteiger partial charge in [0.25, 0.3) is 11.8 Å². The molecule has 0 bridgehead atoms. The first-order valence-electron chi connectivity index (χ1n) is 10.7. The standard InChI is InChI=1S/C25H23N3O5S/c26-34(32,33)19-12-10-17(11-13-19)14-15-27-23(29)22(16-18-6-2-1-3-7-18)28-24(30)20-8-4-5-9-21(20)25(28)31/h1-13,22H,14-16H2,(H,27,29)(H2,26,32,33)/t22-/m0/s1. The van der Waals surface area contributed by atoms with Crippen LogP contribution in [-0.2, 0) is 27.7 Å². The number of rotatable bonds is 8. The summed E-state index contributed by atoms with van der Waals surface area (Å²) >= 11 is 0. The Kier molecular flexibility index (Phi) is 6.58. The van der Waals surface area contributed by atoms with Gasteiger partial charge < -0.3 is 5.32 Å². The maximum absolute atomic E-state index is 13.2. The Morgan fingerprint density at radius 3 is 1.94 bits per heavy atom. The number of hydrogen-bond acceptors (Lipinski definition) is 5. The molecule has 0 aliphatic carbocycles. The maximum atomic E-state index is 13.2. The lowest BCUT2D eigenvalue weighted by Gasteiger charge is -2.25. The Bertz CT molecular complexity index is 1300. The van der Waals surface area contributed by atoms with Gasteiger partial charge in [0.2, 0.25) is 15.9 Å². The fourth-order valence-corrected chi connectivity index (χ4v) is 4.44. The number of carbonyl (C=O) groups is 3. The number of fused-ring (bicyclic) bond motifs is 1. The number of sulfonamides is 1. The third-order valence-corrected chi connectivity index (χ3v) is 6.61. The van der Waals surface area contributed by atoms with E-state index in [1.54, 1.807) is 36.4 Å². The van der Waals surface area contributed by atoms with Crippen LogP contribution >= 0.6 is 0 Å². The molecule has 4 rings (SSSR count). The number of nitrogens with zero attached hydrogens (tertiary/aromatic N) is 1. The van der Waals surface area contributed by atoms with Gasteiger partial charge in [-0.25, -0.2) is 13.6 Å². The Morgan fingerprint density at radius 2 is 1.38 bits per heavy atom. The molecule has 1 atom stereocenters. The predicted octanol–water partition coefficient (Wildman–Crippen LogP) is 1.90. The minimum Gasteiger partial charge on any atom is -0.354 e. The number of imide groups is 1. The SMILES string of the molecule is NS(=O)(=O)c1ccc(CCNC(=O)[C@H](Cc2ccccc2)N2C(=O)c3ccccc3C2=O)cc1. The molecule has 0 fully saturated rings. The number of primary sulfonamides is 1. The minimum atomic E-state index is -3.78. The van der Waals surface area contributed by atoms with E-state index in [0.29, 0.717) is 6.42 Å². The van der Waals surface area contributed by atoms with Gasteiger partial charge in [0.05, 0.1) is 16.0 Å². The van der Waals surface area contributed by atoms with E-state index < -0.39 is 33.8 Å². The lowest BCUT2D eigenvalue weighted by molar-refractivity contribution is -0.125. The molecule has 0 unspecified atom stereocenters. The van der Waals surface area contributed by atoms with E-state index in [4.69, 9.17) is 5.14 Å². The monoisotopic (exact) mass is 477 g/mol. The molecule has 9 heteroatoms. The van der Waals surface area contributed by atoms with E-state index in [0.717, 1.165) is 16.0 Å². The molecule has 3 N–H and O–H groups in total. The smallest absolute Gasteiger partial charge is 0.262 e. The molecule has 0 saturated heterocycles. The molecule has 3 aromatic rings. The molecule has 174 valence electrons.